The van der Waals surface area contributed by atoms with Gasteiger partial charge in [-0.2, -0.15) is 0 Å². The molecule has 108 valence electrons. The first-order chi connectivity index (χ1) is 9.99. The van der Waals surface area contributed by atoms with Gasteiger partial charge in [0.2, 0.25) is 0 Å². The Kier molecular flexibility index (Phi) is 3.76. The van der Waals surface area contributed by atoms with Crippen LogP contribution in [0.2, 0.25) is 0 Å². The second-order valence-corrected chi connectivity index (χ2v) is 6.45. The third-order valence-corrected chi connectivity index (χ3v) is 4.53. The summed E-state index contributed by atoms with van der Waals surface area (Å²) in [5, 5.41) is -0.279. The highest BCUT2D eigenvalue weighted by Crippen LogP contribution is 2.31. The van der Waals surface area contributed by atoms with Crippen molar-refractivity contribution in [2.24, 2.45) is 0 Å². The molecule has 0 radical (unpaired) electrons. The van der Waals surface area contributed by atoms with Crippen molar-refractivity contribution in [1.82, 2.24) is 9.55 Å². The molecule has 3 aromatic rings. The van der Waals surface area contributed by atoms with Gasteiger partial charge in [0.05, 0.1) is 22.1 Å². The molecule has 0 N–H and O–H groups in total. The molecular weight excluding hydrogens is 355 g/mol. The van der Waals surface area contributed by atoms with Gasteiger partial charge in [-0.15, -0.1) is 11.6 Å². The van der Waals surface area contributed by atoms with Gasteiger partial charge in [0, 0.05) is 10.5 Å². The van der Waals surface area contributed by atoms with Crippen LogP contribution >= 0.6 is 27.5 Å². The van der Waals surface area contributed by atoms with E-state index in [0.29, 0.717) is 11.3 Å². The van der Waals surface area contributed by atoms with Crippen molar-refractivity contribution >= 4 is 38.6 Å². The highest BCUT2D eigenvalue weighted by Gasteiger charge is 2.18. The van der Waals surface area contributed by atoms with E-state index in [2.05, 4.69) is 20.9 Å². The molecule has 2 nitrogen and oxygen atoms in total. The predicted octanol–water partition coefficient (Wildman–Crippen LogP) is 5.54. The summed E-state index contributed by atoms with van der Waals surface area (Å²) < 4.78 is 16.4. The zero-order valence-electron chi connectivity index (χ0n) is 11.6. The molecule has 5 heteroatoms. The molecule has 0 aliphatic heterocycles. The van der Waals surface area contributed by atoms with Crippen molar-refractivity contribution in [3.05, 3.63) is 58.1 Å². The zero-order chi connectivity index (χ0) is 15.1. The third-order valence-electron chi connectivity index (χ3n) is 3.48. The van der Waals surface area contributed by atoms with Crippen molar-refractivity contribution in [2.75, 3.05) is 0 Å². The van der Waals surface area contributed by atoms with Crippen LogP contribution in [-0.2, 0) is 0 Å². The summed E-state index contributed by atoms with van der Waals surface area (Å²) in [6.07, 6.45) is 0. The number of rotatable bonds is 2. The lowest BCUT2D eigenvalue weighted by molar-refractivity contribution is 0.629. The smallest absolute Gasteiger partial charge is 0.132 e. The van der Waals surface area contributed by atoms with Gasteiger partial charge in [-0.05, 0) is 43.7 Å². The standard InChI is InChI=1S/C16H13BrClFN2/c1-9-12(17)4-3-5-14(9)21-15-7-6-11(19)8-13(15)20-16(21)10(2)18/h3-8,10H,1-2H3. The Morgan fingerprint density at radius 1 is 1.29 bits per heavy atom. The molecule has 1 heterocycles. The quantitative estimate of drug-likeness (QED) is 0.544. The number of fused-ring (bicyclic) bond motifs is 1. The van der Waals surface area contributed by atoms with Crippen LogP contribution in [0.4, 0.5) is 4.39 Å². The van der Waals surface area contributed by atoms with Crippen LogP contribution in [0.5, 0.6) is 0 Å². The zero-order valence-corrected chi connectivity index (χ0v) is 13.9. The molecule has 0 amide bonds. The lowest BCUT2D eigenvalue weighted by Gasteiger charge is -2.14. The maximum Gasteiger partial charge on any atom is 0.132 e. The van der Waals surface area contributed by atoms with Crippen molar-refractivity contribution in [2.45, 2.75) is 19.2 Å². The number of nitrogens with zero attached hydrogens (tertiary/aromatic N) is 2. The first-order valence-electron chi connectivity index (χ1n) is 6.56. The highest BCUT2D eigenvalue weighted by molar-refractivity contribution is 9.10. The average molecular weight is 368 g/mol. The Morgan fingerprint density at radius 2 is 2.05 bits per heavy atom. The van der Waals surface area contributed by atoms with Crippen LogP contribution in [0, 0.1) is 12.7 Å². The van der Waals surface area contributed by atoms with Crippen molar-refractivity contribution in [3.63, 3.8) is 0 Å². The van der Waals surface area contributed by atoms with Gasteiger partial charge >= 0.3 is 0 Å². The van der Waals surface area contributed by atoms with Crippen LogP contribution in [-0.4, -0.2) is 9.55 Å². The maximum atomic E-state index is 13.4. The van der Waals surface area contributed by atoms with E-state index < -0.39 is 0 Å². The summed E-state index contributed by atoms with van der Waals surface area (Å²) in [6, 6.07) is 10.6. The molecule has 0 fully saturated rings. The molecule has 0 aliphatic rings. The van der Waals surface area contributed by atoms with Gasteiger partial charge in [0.1, 0.15) is 11.6 Å². The molecule has 1 atom stereocenters. The van der Waals surface area contributed by atoms with Crippen LogP contribution in [0.3, 0.4) is 0 Å². The van der Waals surface area contributed by atoms with Gasteiger partial charge in [0.25, 0.3) is 0 Å². The van der Waals surface area contributed by atoms with E-state index in [0.717, 1.165) is 21.2 Å². The Morgan fingerprint density at radius 3 is 2.76 bits per heavy atom. The number of alkyl halides is 1. The SMILES string of the molecule is Cc1c(Br)cccc1-n1c(C(C)Cl)nc2cc(F)ccc21. The van der Waals surface area contributed by atoms with Crippen molar-refractivity contribution in [3.8, 4) is 5.69 Å². The molecular formula is C16H13BrClFN2. The molecule has 0 spiro atoms. The minimum Gasteiger partial charge on any atom is -0.295 e. The van der Waals surface area contributed by atoms with Crippen LogP contribution in [0.15, 0.2) is 40.9 Å². The molecule has 21 heavy (non-hydrogen) atoms. The van der Waals surface area contributed by atoms with E-state index in [1.54, 1.807) is 6.07 Å². The number of aromatic nitrogens is 2. The summed E-state index contributed by atoms with van der Waals surface area (Å²) in [6.45, 7) is 3.89. The molecule has 0 aliphatic carbocycles. The highest BCUT2D eigenvalue weighted by atomic mass is 79.9. The molecule has 3 rings (SSSR count). The summed E-state index contributed by atoms with van der Waals surface area (Å²) in [5.74, 6) is 0.408. The monoisotopic (exact) mass is 366 g/mol. The van der Waals surface area contributed by atoms with Crippen molar-refractivity contribution in [1.29, 1.82) is 0 Å². The lowest BCUT2D eigenvalue weighted by atomic mass is 10.2. The third kappa shape index (κ3) is 2.47. The minimum absolute atomic E-state index is 0.279. The summed E-state index contributed by atoms with van der Waals surface area (Å²) in [7, 11) is 0. The molecule has 2 aromatic carbocycles. The topological polar surface area (TPSA) is 17.8 Å². The number of benzene rings is 2. The Hall–Kier alpha value is -1.39. The first kappa shape index (κ1) is 14.5. The van der Waals surface area contributed by atoms with Gasteiger partial charge in [0.15, 0.2) is 0 Å². The fraction of sp³-hybridized carbons (Fsp3) is 0.188. The van der Waals surface area contributed by atoms with Gasteiger partial charge in [-0.1, -0.05) is 22.0 Å². The molecule has 1 unspecified atom stereocenters. The lowest BCUT2D eigenvalue weighted by Crippen LogP contribution is -2.04. The first-order valence-corrected chi connectivity index (χ1v) is 7.79. The van der Waals surface area contributed by atoms with Crippen molar-refractivity contribution < 1.29 is 4.39 Å². The Bertz CT molecular complexity index is 827. The Labute approximate surface area is 135 Å². The average Bonchev–Trinajstić information content (AvgIpc) is 2.80. The van der Waals surface area contributed by atoms with Crippen LogP contribution < -0.4 is 0 Å². The van der Waals surface area contributed by atoms with Crippen LogP contribution in [0.1, 0.15) is 23.7 Å². The summed E-state index contributed by atoms with van der Waals surface area (Å²) in [4.78, 5) is 4.50. The second-order valence-electron chi connectivity index (χ2n) is 4.94. The largest absolute Gasteiger partial charge is 0.295 e. The summed E-state index contributed by atoms with van der Waals surface area (Å²) in [5.41, 5.74) is 3.53. The fourth-order valence-corrected chi connectivity index (χ4v) is 2.93. The van der Waals surface area contributed by atoms with E-state index >= 15 is 0 Å². The Balaban J connectivity index is 2.39. The van der Waals surface area contributed by atoms with Gasteiger partial charge < -0.3 is 0 Å². The molecule has 0 bridgehead atoms. The maximum absolute atomic E-state index is 13.4. The van der Waals surface area contributed by atoms with Crippen LogP contribution in [0.25, 0.3) is 16.7 Å². The van der Waals surface area contributed by atoms with E-state index in [1.165, 1.54) is 12.1 Å². The number of hydrogen-bond acceptors (Lipinski definition) is 1. The van der Waals surface area contributed by atoms with E-state index in [1.807, 2.05) is 36.6 Å². The fourth-order valence-electron chi connectivity index (χ4n) is 2.43. The second kappa shape index (κ2) is 5.43. The molecule has 0 saturated heterocycles. The normalized spacial score (nSPS) is 12.8. The van der Waals surface area contributed by atoms with E-state index in [9.17, 15) is 4.39 Å². The summed E-state index contributed by atoms with van der Waals surface area (Å²) >= 11 is 9.81. The molecule has 0 saturated carbocycles. The molecule has 1 aromatic heterocycles. The number of hydrogen-bond donors (Lipinski definition) is 0. The number of imidazole rings is 1. The van der Waals surface area contributed by atoms with E-state index in [4.69, 9.17) is 11.6 Å². The van der Waals surface area contributed by atoms with Gasteiger partial charge in [-0.25, -0.2) is 9.37 Å². The minimum atomic E-state index is -0.299. The number of halogens is 3. The predicted molar refractivity (Wildman–Crippen MR) is 87.7 cm³/mol. The van der Waals surface area contributed by atoms with Gasteiger partial charge in [-0.3, -0.25) is 4.57 Å². The van der Waals surface area contributed by atoms with E-state index in [-0.39, 0.29) is 11.2 Å².